The van der Waals surface area contributed by atoms with E-state index in [2.05, 4.69) is 4.98 Å². The van der Waals surface area contributed by atoms with Crippen LogP contribution in [0.2, 0.25) is 0 Å². The van der Waals surface area contributed by atoms with Crippen molar-refractivity contribution in [1.82, 2.24) is 9.88 Å². The van der Waals surface area contributed by atoms with Gasteiger partial charge in [0.2, 0.25) is 5.88 Å². The molecule has 19 heavy (non-hydrogen) atoms. The van der Waals surface area contributed by atoms with Crippen LogP contribution in [-0.4, -0.2) is 46.5 Å². The molecule has 0 N–H and O–H groups in total. The number of hydrogen-bond donors (Lipinski definition) is 0. The molecule has 1 aliphatic rings. The summed E-state index contributed by atoms with van der Waals surface area (Å²) in [4.78, 5) is 18.1. The molecular weight excluding hydrogens is 260 g/mol. The highest BCUT2D eigenvalue weighted by molar-refractivity contribution is 7.99. The summed E-state index contributed by atoms with van der Waals surface area (Å²) in [6.07, 6.45) is 2.95. The molecule has 1 aromatic heterocycles. The van der Waals surface area contributed by atoms with Crippen LogP contribution in [0.25, 0.3) is 0 Å². The molecule has 0 radical (unpaired) electrons. The third-order valence-corrected chi connectivity index (χ3v) is 4.34. The second kappa shape index (κ2) is 6.80. The lowest BCUT2D eigenvalue weighted by molar-refractivity contribution is 0.0772. The first-order valence-corrected chi connectivity index (χ1v) is 7.89. The molecule has 0 bridgehead atoms. The summed E-state index contributed by atoms with van der Waals surface area (Å²) >= 11 is 1.91. The summed E-state index contributed by atoms with van der Waals surface area (Å²) in [6, 6.07) is 3.59. The number of nitrogens with zero attached hydrogens (tertiary/aromatic N) is 2. The average molecular weight is 280 g/mol. The van der Waals surface area contributed by atoms with E-state index in [4.69, 9.17) is 4.74 Å². The lowest BCUT2D eigenvalue weighted by atomic mass is 10.2. The minimum Gasteiger partial charge on any atom is -0.473 e. The van der Waals surface area contributed by atoms with Gasteiger partial charge in [0, 0.05) is 31.1 Å². The second-order valence-electron chi connectivity index (χ2n) is 4.47. The molecule has 1 aromatic rings. The fraction of sp³-hybridized carbons (Fsp3) is 0.571. The predicted octanol–water partition coefficient (Wildman–Crippen LogP) is 2.45. The molecule has 1 fully saturated rings. The van der Waals surface area contributed by atoms with Crippen LogP contribution in [0.3, 0.4) is 0 Å². The van der Waals surface area contributed by atoms with Crippen LogP contribution in [-0.2, 0) is 0 Å². The van der Waals surface area contributed by atoms with Crippen molar-refractivity contribution >= 4 is 17.7 Å². The highest BCUT2D eigenvalue weighted by atomic mass is 32.2. The number of ether oxygens (including phenoxy) is 1. The molecule has 1 unspecified atom stereocenters. The van der Waals surface area contributed by atoms with Gasteiger partial charge in [0.1, 0.15) is 6.10 Å². The first kappa shape index (κ1) is 14.2. The lowest BCUT2D eigenvalue weighted by Gasteiger charge is -2.18. The fourth-order valence-electron chi connectivity index (χ4n) is 2.05. The molecule has 1 aliphatic heterocycles. The summed E-state index contributed by atoms with van der Waals surface area (Å²) in [5, 5.41) is 0. The summed E-state index contributed by atoms with van der Waals surface area (Å²) < 4.78 is 5.77. The molecule has 0 aliphatic carbocycles. The van der Waals surface area contributed by atoms with Crippen LogP contribution in [0.4, 0.5) is 0 Å². The van der Waals surface area contributed by atoms with Crippen molar-refractivity contribution in [1.29, 1.82) is 0 Å². The third-order valence-electron chi connectivity index (χ3n) is 3.21. The van der Waals surface area contributed by atoms with Crippen LogP contribution in [0.15, 0.2) is 18.3 Å². The number of carbonyl (C=O) groups excluding carboxylic acids is 1. The Bertz CT molecular complexity index is 412. The van der Waals surface area contributed by atoms with Gasteiger partial charge in [-0.15, -0.1) is 0 Å². The van der Waals surface area contributed by atoms with Crippen molar-refractivity contribution < 1.29 is 9.53 Å². The number of carbonyl (C=O) groups is 1. The maximum absolute atomic E-state index is 12.1. The van der Waals surface area contributed by atoms with Gasteiger partial charge in [-0.25, -0.2) is 4.98 Å². The topological polar surface area (TPSA) is 42.4 Å². The Morgan fingerprint density at radius 1 is 1.47 bits per heavy atom. The number of rotatable bonds is 5. The smallest absolute Gasteiger partial charge is 0.255 e. The lowest BCUT2D eigenvalue weighted by Crippen LogP contribution is -2.30. The van der Waals surface area contributed by atoms with Gasteiger partial charge < -0.3 is 9.64 Å². The van der Waals surface area contributed by atoms with E-state index in [0.29, 0.717) is 24.5 Å². The van der Waals surface area contributed by atoms with Crippen LogP contribution >= 0.6 is 11.8 Å². The fourth-order valence-corrected chi connectivity index (χ4v) is 3.14. The maximum atomic E-state index is 12.1. The van der Waals surface area contributed by atoms with Gasteiger partial charge >= 0.3 is 0 Å². The second-order valence-corrected chi connectivity index (χ2v) is 5.62. The standard InChI is InChI=1S/C14H20N2O2S/c1-3-16(4-2)14(17)11-5-6-13(15-9-11)18-12-7-8-19-10-12/h5-6,9,12H,3-4,7-8,10H2,1-2H3. The van der Waals surface area contributed by atoms with Crippen LogP contribution < -0.4 is 4.74 Å². The molecule has 1 saturated heterocycles. The van der Waals surface area contributed by atoms with Gasteiger partial charge in [-0.05, 0) is 32.1 Å². The van der Waals surface area contributed by atoms with E-state index in [1.54, 1.807) is 23.2 Å². The van der Waals surface area contributed by atoms with Crippen molar-refractivity contribution in [2.45, 2.75) is 26.4 Å². The number of thioether (sulfide) groups is 1. The highest BCUT2D eigenvalue weighted by Crippen LogP contribution is 2.22. The van der Waals surface area contributed by atoms with E-state index in [1.165, 1.54) is 0 Å². The highest BCUT2D eigenvalue weighted by Gasteiger charge is 2.18. The minimum atomic E-state index is 0.0282. The molecule has 2 rings (SSSR count). The molecule has 0 aromatic carbocycles. The average Bonchev–Trinajstić information content (AvgIpc) is 2.94. The predicted molar refractivity (Wildman–Crippen MR) is 77.8 cm³/mol. The Balaban J connectivity index is 1.99. The molecule has 1 atom stereocenters. The van der Waals surface area contributed by atoms with Crippen molar-refractivity contribution in [2.75, 3.05) is 24.6 Å². The Kier molecular flexibility index (Phi) is 5.07. The van der Waals surface area contributed by atoms with E-state index in [-0.39, 0.29) is 12.0 Å². The van der Waals surface area contributed by atoms with Crippen LogP contribution in [0, 0.1) is 0 Å². The molecule has 2 heterocycles. The number of aromatic nitrogens is 1. The molecule has 0 saturated carbocycles. The molecule has 4 nitrogen and oxygen atoms in total. The maximum Gasteiger partial charge on any atom is 0.255 e. The van der Waals surface area contributed by atoms with Gasteiger partial charge in [-0.3, -0.25) is 4.79 Å². The number of amides is 1. The molecule has 104 valence electrons. The van der Waals surface area contributed by atoms with Crippen molar-refractivity contribution in [3.8, 4) is 5.88 Å². The van der Waals surface area contributed by atoms with E-state index in [0.717, 1.165) is 17.9 Å². The molecule has 1 amide bonds. The van der Waals surface area contributed by atoms with Crippen molar-refractivity contribution in [3.63, 3.8) is 0 Å². The molecule has 5 heteroatoms. The summed E-state index contributed by atoms with van der Waals surface area (Å²) in [7, 11) is 0. The minimum absolute atomic E-state index is 0.0282. The van der Waals surface area contributed by atoms with Gasteiger partial charge in [0.05, 0.1) is 5.56 Å². The zero-order valence-electron chi connectivity index (χ0n) is 11.5. The van der Waals surface area contributed by atoms with Gasteiger partial charge in [-0.1, -0.05) is 0 Å². The normalized spacial score (nSPS) is 18.3. The Morgan fingerprint density at radius 2 is 2.26 bits per heavy atom. The first-order valence-electron chi connectivity index (χ1n) is 6.74. The number of hydrogen-bond acceptors (Lipinski definition) is 4. The number of pyridine rings is 1. The quantitative estimate of drug-likeness (QED) is 0.831. The molecule has 0 spiro atoms. The summed E-state index contributed by atoms with van der Waals surface area (Å²) in [6.45, 7) is 5.38. The van der Waals surface area contributed by atoms with Crippen molar-refractivity contribution in [2.24, 2.45) is 0 Å². The SMILES string of the molecule is CCN(CC)C(=O)c1ccc(OC2CCSC2)nc1. The van der Waals surface area contributed by atoms with Gasteiger partial charge in [-0.2, -0.15) is 11.8 Å². The Morgan fingerprint density at radius 3 is 2.79 bits per heavy atom. The van der Waals surface area contributed by atoms with E-state index >= 15 is 0 Å². The van der Waals surface area contributed by atoms with Crippen LogP contribution in [0.1, 0.15) is 30.6 Å². The zero-order valence-corrected chi connectivity index (χ0v) is 12.3. The van der Waals surface area contributed by atoms with E-state index in [1.807, 2.05) is 25.6 Å². The molecular formula is C14H20N2O2S. The Hall–Kier alpha value is -1.23. The van der Waals surface area contributed by atoms with E-state index in [9.17, 15) is 4.79 Å². The summed E-state index contributed by atoms with van der Waals surface area (Å²) in [5.74, 6) is 2.83. The van der Waals surface area contributed by atoms with Gasteiger partial charge in [0.25, 0.3) is 5.91 Å². The van der Waals surface area contributed by atoms with E-state index < -0.39 is 0 Å². The first-order chi connectivity index (χ1) is 9.24. The van der Waals surface area contributed by atoms with Crippen LogP contribution in [0.5, 0.6) is 5.88 Å². The largest absolute Gasteiger partial charge is 0.473 e. The third kappa shape index (κ3) is 3.62. The van der Waals surface area contributed by atoms with Crippen molar-refractivity contribution in [3.05, 3.63) is 23.9 Å². The summed E-state index contributed by atoms with van der Waals surface area (Å²) in [5.41, 5.74) is 0.622. The zero-order chi connectivity index (χ0) is 13.7. The van der Waals surface area contributed by atoms with Gasteiger partial charge in [0.15, 0.2) is 0 Å². The monoisotopic (exact) mass is 280 g/mol. The Labute approximate surface area is 118 Å².